The van der Waals surface area contributed by atoms with Crippen molar-refractivity contribution in [3.8, 4) is 11.1 Å². The molecule has 0 saturated heterocycles. The van der Waals surface area contributed by atoms with Gasteiger partial charge in [-0.2, -0.15) is 0 Å². The maximum Gasteiger partial charge on any atom is 0.123 e. The molecule has 0 atom stereocenters. The highest BCUT2D eigenvalue weighted by atomic mass is 19.1. The van der Waals surface area contributed by atoms with Crippen molar-refractivity contribution in [2.75, 3.05) is 5.73 Å². The van der Waals surface area contributed by atoms with E-state index in [1.807, 2.05) is 18.2 Å². The second kappa shape index (κ2) is 4.33. The molecule has 2 aromatic rings. The predicted octanol–water partition coefficient (Wildman–Crippen LogP) is 2.53. The standard InChI is InChI=1S/C13H13FN2/c14-12-3-1-2-9(7-12)10-4-5-13(16)11(6-10)8-15/h1-7H,8,15-16H2. The summed E-state index contributed by atoms with van der Waals surface area (Å²) in [5.74, 6) is -0.247. The van der Waals surface area contributed by atoms with Crippen LogP contribution in [0.15, 0.2) is 42.5 Å². The van der Waals surface area contributed by atoms with Crippen molar-refractivity contribution >= 4 is 5.69 Å². The molecule has 0 amide bonds. The first-order valence-electron chi connectivity index (χ1n) is 5.05. The Morgan fingerprint density at radius 3 is 2.44 bits per heavy atom. The van der Waals surface area contributed by atoms with Crippen LogP contribution >= 0.6 is 0 Å². The molecule has 2 aromatic carbocycles. The zero-order valence-corrected chi connectivity index (χ0v) is 8.78. The van der Waals surface area contributed by atoms with Crippen LogP contribution in [0.3, 0.4) is 0 Å². The maximum atomic E-state index is 13.1. The topological polar surface area (TPSA) is 52.0 Å². The number of benzene rings is 2. The van der Waals surface area contributed by atoms with Gasteiger partial charge in [0, 0.05) is 12.2 Å². The Bertz CT molecular complexity index is 509. The molecule has 0 radical (unpaired) electrons. The van der Waals surface area contributed by atoms with Crippen LogP contribution in [0.25, 0.3) is 11.1 Å². The molecule has 2 rings (SSSR count). The lowest BCUT2D eigenvalue weighted by Crippen LogP contribution is -2.01. The molecule has 0 bridgehead atoms. The first-order valence-corrected chi connectivity index (χ1v) is 5.05. The zero-order chi connectivity index (χ0) is 11.5. The summed E-state index contributed by atoms with van der Waals surface area (Å²) in [7, 11) is 0. The minimum absolute atomic E-state index is 0.247. The van der Waals surface area contributed by atoms with E-state index >= 15 is 0 Å². The van der Waals surface area contributed by atoms with E-state index in [-0.39, 0.29) is 5.82 Å². The van der Waals surface area contributed by atoms with Gasteiger partial charge in [0.1, 0.15) is 5.82 Å². The number of hydrogen-bond donors (Lipinski definition) is 2. The first kappa shape index (κ1) is 10.6. The monoisotopic (exact) mass is 216 g/mol. The molecule has 0 aliphatic heterocycles. The van der Waals surface area contributed by atoms with Gasteiger partial charge in [0.2, 0.25) is 0 Å². The number of anilines is 1. The third-order valence-electron chi connectivity index (χ3n) is 2.52. The van der Waals surface area contributed by atoms with Crippen LogP contribution in [0.1, 0.15) is 5.56 Å². The molecule has 0 spiro atoms. The fraction of sp³-hybridized carbons (Fsp3) is 0.0769. The lowest BCUT2D eigenvalue weighted by atomic mass is 10.0. The Hall–Kier alpha value is -1.87. The summed E-state index contributed by atoms with van der Waals surface area (Å²) in [6, 6.07) is 12.0. The lowest BCUT2D eigenvalue weighted by molar-refractivity contribution is 0.628. The van der Waals surface area contributed by atoms with Gasteiger partial charge < -0.3 is 11.5 Å². The fourth-order valence-corrected chi connectivity index (χ4v) is 1.63. The number of nitrogen functional groups attached to an aromatic ring is 1. The van der Waals surface area contributed by atoms with Crippen molar-refractivity contribution in [3.05, 3.63) is 53.8 Å². The molecule has 2 nitrogen and oxygen atoms in total. The van der Waals surface area contributed by atoms with Gasteiger partial charge in [-0.3, -0.25) is 0 Å². The van der Waals surface area contributed by atoms with E-state index in [0.717, 1.165) is 16.7 Å². The van der Waals surface area contributed by atoms with Gasteiger partial charge in [0.15, 0.2) is 0 Å². The van der Waals surface area contributed by atoms with Crippen LogP contribution < -0.4 is 11.5 Å². The van der Waals surface area contributed by atoms with Crippen LogP contribution in [0.4, 0.5) is 10.1 Å². The average Bonchev–Trinajstić information content (AvgIpc) is 2.29. The summed E-state index contributed by atoms with van der Waals surface area (Å²) in [6.07, 6.45) is 0. The number of nitrogens with two attached hydrogens (primary N) is 2. The molecule has 0 heterocycles. The van der Waals surface area contributed by atoms with Gasteiger partial charge in [-0.1, -0.05) is 18.2 Å². The largest absolute Gasteiger partial charge is 0.398 e. The Labute approximate surface area is 93.7 Å². The number of rotatable bonds is 2. The molecule has 0 aromatic heterocycles. The van der Waals surface area contributed by atoms with Gasteiger partial charge >= 0.3 is 0 Å². The van der Waals surface area contributed by atoms with Crippen molar-refractivity contribution < 1.29 is 4.39 Å². The second-order valence-corrected chi connectivity index (χ2v) is 3.63. The number of hydrogen-bond acceptors (Lipinski definition) is 2. The van der Waals surface area contributed by atoms with Gasteiger partial charge in [0.05, 0.1) is 0 Å². The quantitative estimate of drug-likeness (QED) is 0.758. The molecule has 0 saturated carbocycles. The van der Waals surface area contributed by atoms with Gasteiger partial charge in [-0.05, 0) is 41.0 Å². The summed E-state index contributed by atoms with van der Waals surface area (Å²) in [4.78, 5) is 0. The van der Waals surface area contributed by atoms with Crippen molar-refractivity contribution in [2.24, 2.45) is 5.73 Å². The third kappa shape index (κ3) is 2.04. The van der Waals surface area contributed by atoms with Crippen LogP contribution in [-0.4, -0.2) is 0 Å². The Morgan fingerprint density at radius 2 is 1.75 bits per heavy atom. The molecule has 0 unspecified atom stereocenters. The van der Waals surface area contributed by atoms with Crippen molar-refractivity contribution in [3.63, 3.8) is 0 Å². The van der Waals surface area contributed by atoms with E-state index in [0.29, 0.717) is 12.2 Å². The molecular formula is C13H13FN2. The minimum Gasteiger partial charge on any atom is -0.398 e. The first-order chi connectivity index (χ1) is 7.70. The summed E-state index contributed by atoms with van der Waals surface area (Å²) in [6.45, 7) is 0.384. The molecule has 0 fully saturated rings. The predicted molar refractivity (Wildman–Crippen MR) is 64.1 cm³/mol. The van der Waals surface area contributed by atoms with E-state index < -0.39 is 0 Å². The van der Waals surface area contributed by atoms with E-state index in [1.54, 1.807) is 12.1 Å². The van der Waals surface area contributed by atoms with Crippen LogP contribution in [0.2, 0.25) is 0 Å². The van der Waals surface area contributed by atoms with Crippen molar-refractivity contribution in [2.45, 2.75) is 6.54 Å². The van der Waals surface area contributed by atoms with Crippen molar-refractivity contribution in [1.82, 2.24) is 0 Å². The minimum atomic E-state index is -0.247. The molecular weight excluding hydrogens is 203 g/mol. The van der Waals surface area contributed by atoms with Crippen LogP contribution in [-0.2, 0) is 6.54 Å². The Balaban J connectivity index is 2.48. The fourth-order valence-electron chi connectivity index (χ4n) is 1.63. The Morgan fingerprint density at radius 1 is 1.00 bits per heavy atom. The maximum absolute atomic E-state index is 13.1. The van der Waals surface area contributed by atoms with E-state index in [2.05, 4.69) is 0 Å². The van der Waals surface area contributed by atoms with Gasteiger partial charge in [-0.15, -0.1) is 0 Å². The molecule has 4 N–H and O–H groups in total. The highest BCUT2D eigenvalue weighted by molar-refractivity contribution is 5.67. The van der Waals surface area contributed by atoms with E-state index in [4.69, 9.17) is 11.5 Å². The average molecular weight is 216 g/mol. The van der Waals surface area contributed by atoms with E-state index in [1.165, 1.54) is 12.1 Å². The summed E-state index contributed by atoms with van der Waals surface area (Å²) in [5.41, 5.74) is 14.6. The second-order valence-electron chi connectivity index (χ2n) is 3.63. The molecule has 16 heavy (non-hydrogen) atoms. The summed E-state index contributed by atoms with van der Waals surface area (Å²) in [5, 5.41) is 0. The highest BCUT2D eigenvalue weighted by Gasteiger charge is 2.02. The molecule has 0 aliphatic carbocycles. The Kier molecular flexibility index (Phi) is 2.88. The molecule has 0 aliphatic rings. The van der Waals surface area contributed by atoms with Crippen LogP contribution in [0, 0.1) is 5.82 Å². The van der Waals surface area contributed by atoms with Gasteiger partial charge in [0.25, 0.3) is 0 Å². The smallest absolute Gasteiger partial charge is 0.123 e. The number of halogens is 1. The highest BCUT2D eigenvalue weighted by Crippen LogP contribution is 2.24. The third-order valence-corrected chi connectivity index (χ3v) is 2.52. The SMILES string of the molecule is NCc1cc(-c2cccc(F)c2)ccc1N. The normalized spacial score (nSPS) is 10.4. The van der Waals surface area contributed by atoms with E-state index in [9.17, 15) is 4.39 Å². The molecule has 3 heteroatoms. The lowest BCUT2D eigenvalue weighted by Gasteiger charge is -2.07. The summed E-state index contributed by atoms with van der Waals surface area (Å²) < 4.78 is 13.1. The van der Waals surface area contributed by atoms with Crippen LogP contribution in [0.5, 0.6) is 0 Å². The zero-order valence-electron chi connectivity index (χ0n) is 8.78. The summed E-state index contributed by atoms with van der Waals surface area (Å²) >= 11 is 0. The molecule has 82 valence electrons. The van der Waals surface area contributed by atoms with Gasteiger partial charge in [-0.25, -0.2) is 4.39 Å². The van der Waals surface area contributed by atoms with Crippen molar-refractivity contribution in [1.29, 1.82) is 0 Å².